The Morgan fingerprint density at radius 1 is 1.17 bits per heavy atom. The van der Waals surface area contributed by atoms with Crippen LogP contribution in [0.15, 0.2) is 46.9 Å². The lowest BCUT2D eigenvalue weighted by Gasteiger charge is -2.10. The van der Waals surface area contributed by atoms with Gasteiger partial charge < -0.3 is 5.32 Å². The second-order valence-corrected chi connectivity index (χ2v) is 5.10. The van der Waals surface area contributed by atoms with Gasteiger partial charge in [-0.2, -0.15) is 0 Å². The number of halogens is 2. The minimum atomic E-state index is -0.234. The van der Waals surface area contributed by atoms with E-state index in [-0.39, 0.29) is 5.82 Å². The van der Waals surface area contributed by atoms with E-state index in [9.17, 15) is 4.39 Å². The van der Waals surface area contributed by atoms with Crippen LogP contribution < -0.4 is 5.32 Å². The Balaban J connectivity index is 1.97. The summed E-state index contributed by atoms with van der Waals surface area (Å²) < 4.78 is 13.9. The van der Waals surface area contributed by atoms with Crippen molar-refractivity contribution in [3.63, 3.8) is 0 Å². The highest BCUT2D eigenvalue weighted by molar-refractivity contribution is 9.10. The topological polar surface area (TPSA) is 12.0 Å². The Morgan fingerprint density at radius 2 is 1.89 bits per heavy atom. The molecule has 2 aromatic carbocycles. The molecule has 0 saturated heterocycles. The molecule has 0 saturated carbocycles. The zero-order chi connectivity index (χ0) is 13.0. The van der Waals surface area contributed by atoms with E-state index >= 15 is 0 Å². The smallest absolute Gasteiger partial charge is 0.139 e. The summed E-state index contributed by atoms with van der Waals surface area (Å²) in [4.78, 5) is 0. The van der Waals surface area contributed by atoms with Crippen LogP contribution in [-0.4, -0.2) is 6.54 Å². The van der Waals surface area contributed by atoms with E-state index in [0.29, 0.717) is 4.47 Å². The van der Waals surface area contributed by atoms with Gasteiger partial charge in [0.15, 0.2) is 0 Å². The molecule has 2 rings (SSSR count). The maximum atomic E-state index is 13.4. The van der Waals surface area contributed by atoms with Gasteiger partial charge in [0, 0.05) is 12.2 Å². The molecule has 0 heterocycles. The average molecular weight is 308 g/mol. The van der Waals surface area contributed by atoms with Gasteiger partial charge >= 0.3 is 0 Å². The van der Waals surface area contributed by atoms with Crippen molar-refractivity contribution < 1.29 is 4.39 Å². The summed E-state index contributed by atoms with van der Waals surface area (Å²) in [5.41, 5.74) is 3.17. The van der Waals surface area contributed by atoms with E-state index in [1.807, 2.05) is 25.1 Å². The second-order valence-electron chi connectivity index (χ2n) is 4.24. The van der Waals surface area contributed by atoms with E-state index in [2.05, 4.69) is 33.4 Å². The first-order valence-electron chi connectivity index (χ1n) is 5.90. The molecule has 0 atom stereocenters. The molecule has 1 N–H and O–H groups in total. The van der Waals surface area contributed by atoms with Gasteiger partial charge in [0.05, 0.1) is 4.47 Å². The molecule has 0 fully saturated rings. The van der Waals surface area contributed by atoms with E-state index < -0.39 is 0 Å². The Kier molecular flexibility index (Phi) is 4.37. The van der Waals surface area contributed by atoms with E-state index in [1.54, 1.807) is 6.07 Å². The molecule has 3 heteroatoms. The first-order chi connectivity index (χ1) is 8.66. The molecule has 1 nitrogen and oxygen atoms in total. The van der Waals surface area contributed by atoms with Crippen LogP contribution in [0, 0.1) is 12.7 Å². The minimum absolute atomic E-state index is 0.234. The van der Waals surface area contributed by atoms with Gasteiger partial charge in [-0.25, -0.2) is 4.39 Å². The predicted octanol–water partition coefficient (Wildman–Crippen LogP) is 4.55. The van der Waals surface area contributed by atoms with Crippen LogP contribution in [0.2, 0.25) is 0 Å². The molecule has 0 aromatic heterocycles. The second kappa shape index (κ2) is 6.01. The molecule has 2 aromatic rings. The molecular weight excluding hydrogens is 293 g/mol. The Labute approximate surface area is 115 Å². The lowest BCUT2D eigenvalue weighted by atomic mass is 10.1. The number of hydrogen-bond acceptors (Lipinski definition) is 1. The lowest BCUT2D eigenvalue weighted by Crippen LogP contribution is -2.06. The Morgan fingerprint density at radius 3 is 2.61 bits per heavy atom. The largest absolute Gasteiger partial charge is 0.384 e. The molecule has 0 amide bonds. The van der Waals surface area contributed by atoms with Gasteiger partial charge in [0.1, 0.15) is 5.82 Å². The summed E-state index contributed by atoms with van der Waals surface area (Å²) in [6.07, 6.45) is 0.929. The van der Waals surface area contributed by atoms with Gasteiger partial charge in [0.25, 0.3) is 0 Å². The van der Waals surface area contributed by atoms with Crippen molar-refractivity contribution >= 4 is 21.6 Å². The van der Waals surface area contributed by atoms with Crippen molar-refractivity contribution in [3.8, 4) is 0 Å². The number of anilines is 1. The summed E-state index contributed by atoms with van der Waals surface area (Å²) in [6, 6.07) is 13.6. The van der Waals surface area contributed by atoms with E-state index in [0.717, 1.165) is 24.2 Å². The Bertz CT molecular complexity index is 526. The van der Waals surface area contributed by atoms with Crippen molar-refractivity contribution in [1.82, 2.24) is 0 Å². The number of nitrogens with one attached hydrogen (secondary N) is 1. The molecule has 0 radical (unpaired) electrons. The third-order valence-corrected chi connectivity index (χ3v) is 3.45. The summed E-state index contributed by atoms with van der Waals surface area (Å²) in [7, 11) is 0. The third kappa shape index (κ3) is 3.33. The minimum Gasteiger partial charge on any atom is -0.384 e. The van der Waals surface area contributed by atoms with Crippen LogP contribution >= 0.6 is 15.9 Å². The molecule has 94 valence electrons. The average Bonchev–Trinajstić information content (AvgIpc) is 2.37. The zero-order valence-corrected chi connectivity index (χ0v) is 11.8. The summed E-state index contributed by atoms with van der Waals surface area (Å²) in [6.45, 7) is 2.76. The van der Waals surface area contributed by atoms with E-state index in [1.165, 1.54) is 11.6 Å². The standard InChI is InChI=1S/C15H15BrFN/c1-11-9-13(16)14(17)10-15(11)18-8-7-12-5-3-2-4-6-12/h2-6,9-10,18H,7-8H2,1H3. The van der Waals surface area contributed by atoms with Crippen LogP contribution in [0.3, 0.4) is 0 Å². The van der Waals surface area contributed by atoms with Crippen molar-refractivity contribution in [2.45, 2.75) is 13.3 Å². The first-order valence-corrected chi connectivity index (χ1v) is 6.69. The molecular formula is C15H15BrFN. The molecule has 0 aliphatic rings. The van der Waals surface area contributed by atoms with Crippen LogP contribution in [0.5, 0.6) is 0 Å². The molecule has 0 bridgehead atoms. The quantitative estimate of drug-likeness (QED) is 0.873. The normalized spacial score (nSPS) is 10.4. The van der Waals surface area contributed by atoms with Gasteiger partial charge in [0.2, 0.25) is 0 Å². The van der Waals surface area contributed by atoms with Crippen molar-refractivity contribution in [2.24, 2.45) is 0 Å². The van der Waals surface area contributed by atoms with Gasteiger partial charge in [-0.15, -0.1) is 0 Å². The highest BCUT2D eigenvalue weighted by Crippen LogP contribution is 2.23. The molecule has 0 aliphatic carbocycles. The van der Waals surface area contributed by atoms with Crippen LogP contribution in [0.1, 0.15) is 11.1 Å². The highest BCUT2D eigenvalue weighted by atomic mass is 79.9. The van der Waals surface area contributed by atoms with Crippen molar-refractivity contribution in [2.75, 3.05) is 11.9 Å². The summed E-state index contributed by atoms with van der Waals surface area (Å²) in [5, 5.41) is 3.27. The summed E-state index contributed by atoms with van der Waals surface area (Å²) in [5.74, 6) is -0.234. The van der Waals surface area contributed by atoms with Crippen LogP contribution in [0.25, 0.3) is 0 Å². The maximum absolute atomic E-state index is 13.4. The fourth-order valence-corrected chi connectivity index (χ4v) is 2.28. The molecule has 0 spiro atoms. The Hall–Kier alpha value is -1.35. The van der Waals surface area contributed by atoms with E-state index in [4.69, 9.17) is 0 Å². The first kappa shape index (κ1) is 13.1. The van der Waals surface area contributed by atoms with Crippen molar-refractivity contribution in [3.05, 3.63) is 63.9 Å². The molecule has 0 unspecified atom stereocenters. The number of benzene rings is 2. The monoisotopic (exact) mass is 307 g/mol. The number of hydrogen-bond donors (Lipinski definition) is 1. The number of rotatable bonds is 4. The zero-order valence-electron chi connectivity index (χ0n) is 10.2. The SMILES string of the molecule is Cc1cc(Br)c(F)cc1NCCc1ccccc1. The van der Waals surface area contributed by atoms with Crippen LogP contribution in [0.4, 0.5) is 10.1 Å². The van der Waals surface area contributed by atoms with Gasteiger partial charge in [-0.3, -0.25) is 0 Å². The lowest BCUT2D eigenvalue weighted by molar-refractivity contribution is 0.621. The predicted molar refractivity (Wildman–Crippen MR) is 77.5 cm³/mol. The summed E-state index contributed by atoms with van der Waals surface area (Å²) >= 11 is 3.18. The van der Waals surface area contributed by atoms with Gasteiger partial charge in [-0.1, -0.05) is 30.3 Å². The number of aryl methyl sites for hydroxylation is 1. The third-order valence-electron chi connectivity index (χ3n) is 2.84. The fraction of sp³-hybridized carbons (Fsp3) is 0.200. The highest BCUT2D eigenvalue weighted by Gasteiger charge is 2.04. The molecule has 0 aliphatic heterocycles. The molecule has 18 heavy (non-hydrogen) atoms. The fourth-order valence-electron chi connectivity index (χ4n) is 1.82. The maximum Gasteiger partial charge on any atom is 0.139 e. The van der Waals surface area contributed by atoms with Crippen molar-refractivity contribution in [1.29, 1.82) is 0 Å². The van der Waals surface area contributed by atoms with Gasteiger partial charge in [-0.05, 0) is 52.5 Å². The van der Waals surface area contributed by atoms with Crippen LogP contribution in [-0.2, 0) is 6.42 Å².